The zero-order valence-corrected chi connectivity index (χ0v) is 14.4. The van der Waals surface area contributed by atoms with Crippen molar-refractivity contribution >= 4 is 23.9 Å². The second-order valence-corrected chi connectivity index (χ2v) is 7.80. The molecule has 0 bridgehead atoms. The second kappa shape index (κ2) is 6.84. The monoisotopic (exact) mass is 320 g/mol. The summed E-state index contributed by atoms with van der Waals surface area (Å²) in [5, 5.41) is 14.8. The topological polar surface area (TPSA) is 52.9 Å². The third kappa shape index (κ3) is 3.90. The Morgan fingerprint density at radius 3 is 2.45 bits per heavy atom. The average molecular weight is 320 g/mol. The van der Waals surface area contributed by atoms with Crippen LogP contribution in [-0.2, 0) is 16.0 Å². The molecule has 2 unspecified atom stereocenters. The number of hydrogen-bond donors (Lipinski definition) is 1. The quantitative estimate of drug-likeness (QED) is 0.928. The van der Waals surface area contributed by atoms with E-state index in [1.54, 1.807) is 25.0 Å². The molecule has 5 heteroatoms. The highest BCUT2D eigenvalue weighted by Gasteiger charge is 2.32. The molecule has 1 amide bonds. The summed E-state index contributed by atoms with van der Waals surface area (Å²) in [6.07, 6.45) is 1.76. The zero-order chi connectivity index (χ0) is 16.3. The molecule has 2 rings (SSSR count). The van der Waals surface area contributed by atoms with Gasteiger partial charge in [-0.25, -0.2) is 5.01 Å². The van der Waals surface area contributed by atoms with E-state index in [2.05, 4.69) is 50.1 Å². The van der Waals surface area contributed by atoms with Crippen LogP contribution in [0.25, 0.3) is 0 Å². The largest absolute Gasteiger partial charge is 0.395 e. The third-order valence-electron chi connectivity index (χ3n) is 3.88. The second-order valence-electron chi connectivity index (χ2n) is 6.64. The number of nitrogens with zero attached hydrogens (tertiary/aromatic N) is 2. The molecule has 1 aromatic carbocycles. The normalized spacial score (nSPS) is 22.2. The fourth-order valence-electron chi connectivity index (χ4n) is 2.34. The third-order valence-corrected chi connectivity index (χ3v) is 5.21. The lowest BCUT2D eigenvalue weighted by Crippen LogP contribution is -2.42. The summed E-state index contributed by atoms with van der Waals surface area (Å²) >= 11 is 1.65. The summed E-state index contributed by atoms with van der Waals surface area (Å²) in [5.74, 6) is 0.279. The van der Waals surface area contributed by atoms with Gasteiger partial charge >= 0.3 is 0 Å². The zero-order valence-electron chi connectivity index (χ0n) is 13.6. The Kier molecular flexibility index (Phi) is 5.29. The first-order valence-electron chi connectivity index (χ1n) is 7.46. The van der Waals surface area contributed by atoms with Gasteiger partial charge in [-0.15, -0.1) is 11.8 Å². The lowest BCUT2D eigenvalue weighted by Gasteiger charge is -2.28. The number of amides is 1. The number of benzene rings is 1. The van der Waals surface area contributed by atoms with Crippen LogP contribution in [0.5, 0.6) is 0 Å². The molecule has 22 heavy (non-hydrogen) atoms. The van der Waals surface area contributed by atoms with Gasteiger partial charge in [-0.2, -0.15) is 5.10 Å². The summed E-state index contributed by atoms with van der Waals surface area (Å²) in [6, 6.07) is 8.59. The van der Waals surface area contributed by atoms with E-state index < -0.39 is 5.92 Å². The molecule has 120 valence electrons. The highest BCUT2D eigenvalue weighted by Crippen LogP contribution is 2.28. The number of rotatable bonds is 4. The van der Waals surface area contributed by atoms with Gasteiger partial charge in [-0.3, -0.25) is 4.79 Å². The van der Waals surface area contributed by atoms with E-state index in [1.807, 2.05) is 0 Å². The smallest absolute Gasteiger partial charge is 0.249 e. The molecular weight excluding hydrogens is 296 g/mol. The molecule has 1 aliphatic heterocycles. The molecule has 0 spiro atoms. The summed E-state index contributed by atoms with van der Waals surface area (Å²) in [7, 11) is 1.62. The molecule has 1 aliphatic rings. The molecule has 4 nitrogen and oxygen atoms in total. The number of hydrogen-bond acceptors (Lipinski definition) is 4. The van der Waals surface area contributed by atoms with E-state index in [1.165, 1.54) is 16.1 Å². The number of carbonyl (C=O) groups excluding carboxylic acids is 1. The predicted molar refractivity (Wildman–Crippen MR) is 92.1 cm³/mol. The van der Waals surface area contributed by atoms with Crippen LogP contribution in [0.1, 0.15) is 31.9 Å². The molecule has 0 radical (unpaired) electrons. The SMILES string of the molecule is CN1N=CC(SCc2ccc(C(C)(C)C)cc2)C(CO)C1=O. The van der Waals surface area contributed by atoms with Gasteiger partial charge in [0.15, 0.2) is 0 Å². The maximum atomic E-state index is 12.0. The first kappa shape index (κ1) is 17.0. The van der Waals surface area contributed by atoms with E-state index >= 15 is 0 Å². The Morgan fingerprint density at radius 2 is 1.91 bits per heavy atom. The van der Waals surface area contributed by atoms with Gasteiger partial charge in [0, 0.05) is 19.0 Å². The van der Waals surface area contributed by atoms with Crippen molar-refractivity contribution in [1.29, 1.82) is 0 Å². The van der Waals surface area contributed by atoms with Crippen LogP contribution in [0.15, 0.2) is 29.4 Å². The van der Waals surface area contributed by atoms with Crippen LogP contribution in [0, 0.1) is 5.92 Å². The molecule has 0 saturated carbocycles. The molecule has 0 aliphatic carbocycles. The van der Waals surface area contributed by atoms with Crippen molar-refractivity contribution < 1.29 is 9.90 Å². The molecule has 1 aromatic rings. The van der Waals surface area contributed by atoms with Crippen LogP contribution >= 0.6 is 11.8 Å². The molecule has 1 N–H and O–H groups in total. The van der Waals surface area contributed by atoms with Crippen LogP contribution in [-0.4, -0.2) is 41.1 Å². The molecular formula is C17H24N2O2S. The van der Waals surface area contributed by atoms with Crippen molar-refractivity contribution in [3.63, 3.8) is 0 Å². The summed E-state index contributed by atoms with van der Waals surface area (Å²) in [5.41, 5.74) is 2.68. The molecule has 0 fully saturated rings. The Labute approximate surface area is 136 Å². The van der Waals surface area contributed by atoms with Crippen molar-refractivity contribution in [2.24, 2.45) is 11.0 Å². The van der Waals surface area contributed by atoms with Crippen molar-refractivity contribution in [1.82, 2.24) is 5.01 Å². The highest BCUT2D eigenvalue weighted by molar-refractivity contribution is 7.99. The number of aliphatic hydroxyl groups excluding tert-OH is 1. The van der Waals surface area contributed by atoms with Crippen molar-refractivity contribution in [3.05, 3.63) is 35.4 Å². The fraction of sp³-hybridized carbons (Fsp3) is 0.529. The van der Waals surface area contributed by atoms with Crippen LogP contribution in [0.4, 0.5) is 0 Å². The van der Waals surface area contributed by atoms with Crippen LogP contribution in [0.3, 0.4) is 0 Å². The number of hydrazone groups is 1. The van der Waals surface area contributed by atoms with Crippen molar-refractivity contribution in [3.8, 4) is 0 Å². The van der Waals surface area contributed by atoms with E-state index in [0.717, 1.165) is 5.75 Å². The highest BCUT2D eigenvalue weighted by atomic mass is 32.2. The Morgan fingerprint density at radius 1 is 1.27 bits per heavy atom. The van der Waals surface area contributed by atoms with Gasteiger partial charge in [-0.05, 0) is 16.5 Å². The maximum absolute atomic E-state index is 12.0. The van der Waals surface area contributed by atoms with Crippen LogP contribution < -0.4 is 0 Å². The van der Waals surface area contributed by atoms with E-state index in [0.29, 0.717) is 0 Å². The molecule has 0 aromatic heterocycles. The summed E-state index contributed by atoms with van der Waals surface area (Å²) < 4.78 is 0. The van der Waals surface area contributed by atoms with E-state index in [9.17, 15) is 9.90 Å². The predicted octanol–water partition coefficient (Wildman–Crippen LogP) is 2.65. The number of carbonyl (C=O) groups is 1. The number of thioether (sulfide) groups is 1. The minimum absolute atomic E-state index is 0.0732. The molecule has 0 saturated heterocycles. The molecule has 1 heterocycles. The lowest BCUT2D eigenvalue weighted by molar-refractivity contribution is -0.135. The Bertz CT molecular complexity index is 549. The average Bonchev–Trinajstić information content (AvgIpc) is 2.48. The maximum Gasteiger partial charge on any atom is 0.249 e. The van der Waals surface area contributed by atoms with Gasteiger partial charge in [0.2, 0.25) is 5.91 Å². The molecule has 2 atom stereocenters. The van der Waals surface area contributed by atoms with E-state index in [-0.39, 0.29) is 23.2 Å². The van der Waals surface area contributed by atoms with Gasteiger partial charge in [-0.1, -0.05) is 45.0 Å². The first-order valence-corrected chi connectivity index (χ1v) is 8.51. The minimum atomic E-state index is -0.402. The van der Waals surface area contributed by atoms with E-state index in [4.69, 9.17) is 0 Å². The van der Waals surface area contributed by atoms with Gasteiger partial charge in [0.25, 0.3) is 0 Å². The van der Waals surface area contributed by atoms with Crippen LogP contribution in [0.2, 0.25) is 0 Å². The fourth-order valence-corrected chi connectivity index (χ4v) is 3.49. The summed E-state index contributed by atoms with van der Waals surface area (Å²) in [6.45, 7) is 6.45. The summed E-state index contributed by atoms with van der Waals surface area (Å²) in [4.78, 5) is 12.0. The Hall–Kier alpha value is -1.33. The van der Waals surface area contributed by atoms with Gasteiger partial charge in [0.05, 0.1) is 17.8 Å². The lowest BCUT2D eigenvalue weighted by atomic mass is 9.87. The van der Waals surface area contributed by atoms with Gasteiger partial charge < -0.3 is 5.11 Å². The number of aliphatic hydroxyl groups is 1. The Balaban J connectivity index is 2.00. The first-order chi connectivity index (χ1) is 10.3. The van der Waals surface area contributed by atoms with Gasteiger partial charge in [0.1, 0.15) is 0 Å². The standard InChI is InChI=1S/C17H24N2O2S/c1-17(2,3)13-7-5-12(6-8-13)11-22-15-9-18-19(4)16(21)14(15)10-20/h5-9,14-15,20H,10-11H2,1-4H3. The van der Waals surface area contributed by atoms with Crippen molar-refractivity contribution in [2.75, 3.05) is 13.7 Å². The van der Waals surface area contributed by atoms with Crippen molar-refractivity contribution in [2.45, 2.75) is 37.2 Å². The minimum Gasteiger partial charge on any atom is -0.395 e.